The van der Waals surface area contributed by atoms with E-state index in [-0.39, 0.29) is 12.3 Å². The molecule has 2 aliphatic heterocycles. The Hall–Kier alpha value is -2.84. The van der Waals surface area contributed by atoms with E-state index in [0.29, 0.717) is 18.3 Å². The zero-order valence-corrected chi connectivity index (χ0v) is 17.3. The summed E-state index contributed by atoms with van der Waals surface area (Å²) >= 11 is 0. The summed E-state index contributed by atoms with van der Waals surface area (Å²) in [6.07, 6.45) is 1.81. The van der Waals surface area contributed by atoms with Crippen LogP contribution in [0.1, 0.15) is 43.6 Å². The zero-order chi connectivity index (χ0) is 20.7. The molecule has 0 aromatic carbocycles. The van der Waals surface area contributed by atoms with Crippen molar-refractivity contribution >= 4 is 29.5 Å². The van der Waals surface area contributed by atoms with E-state index in [1.807, 2.05) is 25.3 Å². The van der Waals surface area contributed by atoms with Gasteiger partial charge in [0.2, 0.25) is 11.9 Å². The van der Waals surface area contributed by atoms with Gasteiger partial charge >= 0.3 is 12.0 Å². The monoisotopic (exact) mass is 387 g/mol. The highest BCUT2D eigenvalue weighted by molar-refractivity contribution is 6.23. The fraction of sp³-hybridized carbons (Fsp3) is 0.579. The van der Waals surface area contributed by atoms with E-state index in [1.54, 1.807) is 11.7 Å². The molecule has 9 heteroatoms. The van der Waals surface area contributed by atoms with Gasteiger partial charge in [-0.15, -0.1) is 9.78 Å². The predicted octanol–water partition coefficient (Wildman–Crippen LogP) is 1.09. The van der Waals surface area contributed by atoms with Crippen LogP contribution in [-0.2, 0) is 9.59 Å². The number of likely N-dealkylation sites (N-methyl/N-ethyl adjacent to an activating group) is 1. The highest BCUT2D eigenvalue weighted by Gasteiger charge is 2.53. The Morgan fingerprint density at radius 1 is 1.21 bits per heavy atom. The van der Waals surface area contributed by atoms with Gasteiger partial charge in [-0.25, -0.2) is 9.37 Å². The summed E-state index contributed by atoms with van der Waals surface area (Å²) in [5, 5.41) is 4.59. The van der Waals surface area contributed by atoms with Crippen molar-refractivity contribution in [1.29, 1.82) is 0 Å². The molecule has 1 atom stereocenters. The molecule has 1 saturated heterocycles. The number of carbonyl (C=O) groups is 3. The van der Waals surface area contributed by atoms with Gasteiger partial charge in [0.1, 0.15) is 11.5 Å². The number of rotatable bonds is 5. The summed E-state index contributed by atoms with van der Waals surface area (Å²) in [4.78, 5) is 44.4. The highest BCUT2D eigenvalue weighted by Crippen LogP contribution is 2.22. The zero-order valence-electron chi connectivity index (χ0n) is 17.3. The SMILES string of the molecule is CCCC[N+]1=C(n2nc(C)c(C)c2C)N=C2C1C(=O)N(CC(C)=O)C(=O)N2C. The van der Waals surface area contributed by atoms with Crippen LogP contribution in [0.2, 0.25) is 0 Å². The van der Waals surface area contributed by atoms with Crippen LogP contribution < -0.4 is 0 Å². The van der Waals surface area contributed by atoms with Gasteiger partial charge < -0.3 is 0 Å². The molecule has 9 nitrogen and oxygen atoms in total. The molecule has 0 bridgehead atoms. The van der Waals surface area contributed by atoms with Crippen LogP contribution in [0, 0.1) is 20.8 Å². The number of nitrogens with zero attached hydrogens (tertiary/aromatic N) is 6. The number of carbonyl (C=O) groups excluding carboxylic acids is 3. The summed E-state index contributed by atoms with van der Waals surface area (Å²) < 4.78 is 3.64. The van der Waals surface area contributed by atoms with Crippen molar-refractivity contribution < 1.29 is 19.0 Å². The standard InChI is InChI=1S/C19H27N6O3/c1-7-8-9-23-15-16(20-18(23)25-14(5)12(3)13(4)21-25)22(6)19(28)24(17(15)27)10-11(2)26/h15H,7-10H2,1-6H3/q+1. The first-order valence-electron chi connectivity index (χ1n) is 9.52. The van der Waals surface area contributed by atoms with Gasteiger partial charge in [-0.2, -0.15) is 0 Å². The number of fused-ring (bicyclic) bond motifs is 1. The van der Waals surface area contributed by atoms with Crippen molar-refractivity contribution in [3.63, 3.8) is 0 Å². The summed E-state index contributed by atoms with van der Waals surface area (Å²) in [5.74, 6) is 0.263. The van der Waals surface area contributed by atoms with E-state index in [0.717, 1.165) is 34.7 Å². The average Bonchev–Trinajstić information content (AvgIpc) is 3.14. The molecule has 0 radical (unpaired) electrons. The Kier molecular flexibility index (Phi) is 5.18. The third kappa shape index (κ3) is 3.04. The van der Waals surface area contributed by atoms with Crippen LogP contribution in [0.3, 0.4) is 0 Å². The van der Waals surface area contributed by atoms with Gasteiger partial charge in [0, 0.05) is 12.6 Å². The van der Waals surface area contributed by atoms with Crippen LogP contribution in [0.5, 0.6) is 0 Å². The summed E-state index contributed by atoms with van der Waals surface area (Å²) in [5.41, 5.74) is 2.90. The summed E-state index contributed by atoms with van der Waals surface area (Å²) in [6.45, 7) is 9.69. The number of amidine groups is 1. The molecule has 0 N–H and O–H groups in total. The first kappa shape index (κ1) is 19.9. The van der Waals surface area contributed by atoms with Crippen molar-refractivity contribution in [2.75, 3.05) is 20.1 Å². The fourth-order valence-electron chi connectivity index (χ4n) is 3.52. The van der Waals surface area contributed by atoms with Crippen LogP contribution in [0.25, 0.3) is 0 Å². The molecule has 0 spiro atoms. The summed E-state index contributed by atoms with van der Waals surface area (Å²) in [7, 11) is 1.58. The number of imide groups is 1. The molecule has 2 aliphatic rings. The normalized spacial score (nSPS) is 19.5. The average molecular weight is 387 g/mol. The number of unbranched alkanes of at least 4 members (excludes halogenated alkanes) is 1. The van der Waals surface area contributed by atoms with Gasteiger partial charge in [-0.05, 0) is 34.1 Å². The van der Waals surface area contributed by atoms with E-state index < -0.39 is 18.0 Å². The number of aromatic nitrogens is 2. The molecule has 1 unspecified atom stereocenters. The lowest BCUT2D eigenvalue weighted by Gasteiger charge is -2.33. The number of ketones is 1. The smallest absolute Gasteiger partial charge is 0.298 e. The number of hydrogen-bond donors (Lipinski definition) is 0. The van der Waals surface area contributed by atoms with Crippen LogP contribution in [0.4, 0.5) is 4.79 Å². The van der Waals surface area contributed by atoms with Gasteiger partial charge in [-0.1, -0.05) is 18.3 Å². The molecular weight excluding hydrogens is 360 g/mol. The van der Waals surface area contributed by atoms with E-state index in [9.17, 15) is 14.4 Å². The third-order valence-corrected chi connectivity index (χ3v) is 5.37. The van der Waals surface area contributed by atoms with Crippen LogP contribution in [0.15, 0.2) is 4.99 Å². The van der Waals surface area contributed by atoms with Crippen LogP contribution >= 0.6 is 0 Å². The minimum Gasteiger partial charge on any atom is -0.298 e. The van der Waals surface area contributed by atoms with Crippen molar-refractivity contribution in [3.05, 3.63) is 17.0 Å². The first-order chi connectivity index (χ1) is 13.2. The Bertz CT molecular complexity index is 926. The quantitative estimate of drug-likeness (QED) is 0.707. The Labute approximate surface area is 164 Å². The second kappa shape index (κ2) is 7.29. The van der Waals surface area contributed by atoms with E-state index in [2.05, 4.69) is 17.0 Å². The van der Waals surface area contributed by atoms with Gasteiger partial charge in [0.05, 0.1) is 18.8 Å². The maximum Gasteiger partial charge on any atom is 0.421 e. The van der Waals surface area contributed by atoms with E-state index >= 15 is 0 Å². The molecule has 1 fully saturated rings. The van der Waals surface area contributed by atoms with Crippen molar-refractivity contribution in [1.82, 2.24) is 19.6 Å². The number of urea groups is 1. The third-order valence-electron chi connectivity index (χ3n) is 5.37. The van der Waals surface area contributed by atoms with Gasteiger partial charge in [-0.3, -0.25) is 19.4 Å². The molecule has 1 aromatic heterocycles. The largest absolute Gasteiger partial charge is 0.421 e. The number of aliphatic imine (C=N–C) groups is 1. The lowest BCUT2D eigenvalue weighted by Crippen LogP contribution is -2.63. The van der Waals surface area contributed by atoms with Crippen LogP contribution in [-0.4, -0.2) is 79.9 Å². The van der Waals surface area contributed by atoms with Gasteiger partial charge in [0.25, 0.3) is 5.91 Å². The molecular formula is C19H27N6O3+. The number of Topliss-reactive ketones (excluding diaryl/α,β-unsaturated/α-hetero) is 1. The van der Waals surface area contributed by atoms with Crippen molar-refractivity contribution in [3.8, 4) is 0 Å². The van der Waals surface area contributed by atoms with Gasteiger partial charge in [0.15, 0.2) is 0 Å². The number of aryl methyl sites for hydroxylation is 1. The molecule has 1 aromatic rings. The second-order valence-corrected chi connectivity index (χ2v) is 7.40. The second-order valence-electron chi connectivity index (χ2n) is 7.40. The molecule has 3 rings (SSSR count). The van der Waals surface area contributed by atoms with Crippen molar-refractivity contribution in [2.45, 2.75) is 53.5 Å². The maximum absolute atomic E-state index is 13.2. The summed E-state index contributed by atoms with van der Waals surface area (Å²) in [6, 6.07) is -1.26. The number of hydrogen-bond acceptors (Lipinski definition) is 5. The Morgan fingerprint density at radius 3 is 2.43 bits per heavy atom. The Balaban J connectivity index is 2.14. The molecule has 28 heavy (non-hydrogen) atoms. The molecule has 150 valence electrons. The van der Waals surface area contributed by atoms with E-state index in [1.165, 1.54) is 11.8 Å². The minimum absolute atomic E-state index is 0.234. The van der Waals surface area contributed by atoms with Crippen molar-refractivity contribution in [2.24, 2.45) is 4.99 Å². The topological polar surface area (TPSA) is 90.9 Å². The van der Waals surface area contributed by atoms with E-state index in [4.69, 9.17) is 0 Å². The lowest BCUT2D eigenvalue weighted by atomic mass is 10.1. The fourth-order valence-corrected chi connectivity index (χ4v) is 3.52. The minimum atomic E-state index is -0.729. The Morgan fingerprint density at radius 2 is 1.89 bits per heavy atom. The predicted molar refractivity (Wildman–Crippen MR) is 104 cm³/mol. The first-order valence-corrected chi connectivity index (χ1v) is 9.52. The molecule has 0 saturated carbocycles. The molecule has 0 aliphatic carbocycles. The molecule has 3 amide bonds. The maximum atomic E-state index is 13.2. The number of amides is 3. The highest BCUT2D eigenvalue weighted by atomic mass is 16.2. The molecule has 3 heterocycles. The lowest BCUT2D eigenvalue weighted by molar-refractivity contribution is -0.538.